The summed E-state index contributed by atoms with van der Waals surface area (Å²) >= 11 is 0. The number of nitrogens with two attached hydrogens (primary N) is 1. The molecule has 2 N–H and O–H groups in total. The lowest BCUT2D eigenvalue weighted by Crippen LogP contribution is -2.56. The number of likely N-dealkylation sites (N-methyl/N-ethyl adjacent to an activating group) is 2. The second-order valence-corrected chi connectivity index (χ2v) is 8.64. The van der Waals surface area contributed by atoms with Gasteiger partial charge < -0.3 is 15.5 Å². The molecule has 28 heavy (non-hydrogen) atoms. The summed E-state index contributed by atoms with van der Waals surface area (Å²) < 4.78 is 0. The molecule has 0 rings (SSSR count). The zero-order valence-corrected chi connectivity index (χ0v) is 19.1. The van der Waals surface area contributed by atoms with Gasteiger partial charge in [0, 0.05) is 20.5 Å². The van der Waals surface area contributed by atoms with E-state index < -0.39 is 18.0 Å². The third kappa shape index (κ3) is 8.44. The van der Waals surface area contributed by atoms with Crippen LogP contribution in [0.1, 0.15) is 67.2 Å². The minimum Gasteiger partial charge on any atom is -0.368 e. The number of allylic oxidation sites excluding steroid dienone is 2. The highest BCUT2D eigenvalue weighted by molar-refractivity contribution is 5.91. The number of rotatable bonds is 12. The molecular formula is C22H41N3O3. The molecule has 0 spiro atoms. The Hall–Kier alpha value is -1.85. The summed E-state index contributed by atoms with van der Waals surface area (Å²) in [6.07, 6.45) is 6.53. The summed E-state index contributed by atoms with van der Waals surface area (Å²) in [7, 11) is 3.29. The first-order valence-electron chi connectivity index (χ1n) is 10.4. The fourth-order valence-electron chi connectivity index (χ4n) is 3.31. The second kappa shape index (κ2) is 12.6. The van der Waals surface area contributed by atoms with Crippen molar-refractivity contribution >= 4 is 17.7 Å². The molecule has 3 atom stereocenters. The summed E-state index contributed by atoms with van der Waals surface area (Å²) in [5.74, 6) is -0.238. The van der Waals surface area contributed by atoms with Crippen LogP contribution in [0.5, 0.6) is 0 Å². The quantitative estimate of drug-likeness (QED) is 0.515. The van der Waals surface area contributed by atoms with Crippen molar-refractivity contribution in [3.63, 3.8) is 0 Å². The van der Waals surface area contributed by atoms with Crippen molar-refractivity contribution in [2.24, 2.45) is 23.5 Å². The van der Waals surface area contributed by atoms with Gasteiger partial charge in [0.2, 0.25) is 17.7 Å². The molecule has 0 saturated carbocycles. The van der Waals surface area contributed by atoms with Gasteiger partial charge >= 0.3 is 0 Å². The molecular weight excluding hydrogens is 354 g/mol. The van der Waals surface area contributed by atoms with Gasteiger partial charge in [0.1, 0.15) is 12.1 Å². The molecule has 3 amide bonds. The molecule has 0 saturated heterocycles. The molecule has 6 nitrogen and oxygen atoms in total. The molecule has 0 aliphatic rings. The lowest BCUT2D eigenvalue weighted by Gasteiger charge is -2.36. The summed E-state index contributed by atoms with van der Waals surface area (Å²) in [6, 6.07) is -1.30. The molecule has 162 valence electrons. The zero-order valence-electron chi connectivity index (χ0n) is 19.1. The molecule has 0 bridgehead atoms. The minimum atomic E-state index is -0.687. The Labute approximate surface area is 171 Å². The van der Waals surface area contributed by atoms with Gasteiger partial charge in [0.15, 0.2) is 0 Å². The van der Waals surface area contributed by atoms with Crippen LogP contribution in [0.4, 0.5) is 0 Å². The fraction of sp³-hybridized carbons (Fsp3) is 0.773. The highest BCUT2D eigenvalue weighted by Crippen LogP contribution is 2.20. The number of carbonyl (C=O) groups is 3. The first kappa shape index (κ1) is 26.1. The lowest BCUT2D eigenvalue weighted by atomic mass is 9.95. The number of primary amides is 1. The third-order valence-corrected chi connectivity index (χ3v) is 5.17. The maximum atomic E-state index is 13.2. The number of carbonyl (C=O) groups excluding carboxylic acids is 3. The van der Waals surface area contributed by atoms with Crippen LogP contribution in [0.25, 0.3) is 0 Å². The Morgan fingerprint density at radius 2 is 1.57 bits per heavy atom. The molecule has 6 heteroatoms. The van der Waals surface area contributed by atoms with Crippen LogP contribution in [-0.2, 0) is 14.4 Å². The van der Waals surface area contributed by atoms with Gasteiger partial charge in [-0.05, 0) is 43.9 Å². The Bertz CT molecular complexity index is 543. The molecule has 0 aromatic rings. The van der Waals surface area contributed by atoms with Crippen molar-refractivity contribution in [2.45, 2.75) is 79.3 Å². The molecule has 3 unspecified atom stereocenters. The minimum absolute atomic E-state index is 0.0498. The SMILES string of the molecule is CC=CCC(C)CC(C(N)=O)N(C)C(=O)C(C(C)C)N(C)C(=O)CCC(C)C. The van der Waals surface area contributed by atoms with E-state index in [-0.39, 0.29) is 23.7 Å². The first-order chi connectivity index (χ1) is 12.9. The van der Waals surface area contributed by atoms with E-state index in [0.717, 1.165) is 12.8 Å². The van der Waals surface area contributed by atoms with Crippen molar-refractivity contribution in [3.05, 3.63) is 12.2 Å². The van der Waals surface area contributed by atoms with E-state index in [1.807, 2.05) is 39.8 Å². The maximum Gasteiger partial charge on any atom is 0.246 e. The van der Waals surface area contributed by atoms with Crippen molar-refractivity contribution < 1.29 is 14.4 Å². The van der Waals surface area contributed by atoms with Crippen LogP contribution in [0.2, 0.25) is 0 Å². The topological polar surface area (TPSA) is 83.7 Å². The normalized spacial score (nSPS) is 14.9. The van der Waals surface area contributed by atoms with E-state index >= 15 is 0 Å². The molecule has 0 heterocycles. The number of amides is 3. The summed E-state index contributed by atoms with van der Waals surface area (Å²) in [6.45, 7) is 12.0. The van der Waals surface area contributed by atoms with E-state index in [9.17, 15) is 14.4 Å². The molecule has 0 aromatic carbocycles. The Morgan fingerprint density at radius 3 is 2.00 bits per heavy atom. The Balaban J connectivity index is 5.38. The molecule has 0 aliphatic carbocycles. The van der Waals surface area contributed by atoms with Crippen LogP contribution in [-0.4, -0.2) is 53.7 Å². The van der Waals surface area contributed by atoms with Crippen molar-refractivity contribution in [1.82, 2.24) is 9.80 Å². The zero-order chi connectivity index (χ0) is 22.0. The van der Waals surface area contributed by atoms with E-state index in [2.05, 4.69) is 13.8 Å². The molecule has 0 aromatic heterocycles. The average Bonchev–Trinajstić information content (AvgIpc) is 2.60. The summed E-state index contributed by atoms with van der Waals surface area (Å²) in [5, 5.41) is 0. The summed E-state index contributed by atoms with van der Waals surface area (Å²) in [4.78, 5) is 40.8. The summed E-state index contributed by atoms with van der Waals surface area (Å²) in [5.41, 5.74) is 5.61. The van der Waals surface area contributed by atoms with Crippen LogP contribution in [0.3, 0.4) is 0 Å². The van der Waals surface area contributed by atoms with E-state index in [0.29, 0.717) is 18.8 Å². The van der Waals surface area contributed by atoms with Crippen molar-refractivity contribution in [2.75, 3.05) is 14.1 Å². The largest absolute Gasteiger partial charge is 0.368 e. The van der Waals surface area contributed by atoms with Gasteiger partial charge in [0.05, 0.1) is 0 Å². The van der Waals surface area contributed by atoms with E-state index in [1.54, 1.807) is 14.1 Å². The fourth-order valence-corrected chi connectivity index (χ4v) is 3.31. The molecule has 0 aliphatic heterocycles. The monoisotopic (exact) mass is 395 g/mol. The van der Waals surface area contributed by atoms with Gasteiger partial charge in [-0.3, -0.25) is 14.4 Å². The van der Waals surface area contributed by atoms with E-state index in [4.69, 9.17) is 5.73 Å². The number of hydrogen-bond acceptors (Lipinski definition) is 3. The third-order valence-electron chi connectivity index (χ3n) is 5.17. The van der Waals surface area contributed by atoms with Crippen molar-refractivity contribution in [1.29, 1.82) is 0 Å². The molecule has 0 radical (unpaired) electrons. The Morgan fingerprint density at radius 1 is 1.00 bits per heavy atom. The predicted octanol–water partition coefficient (Wildman–Crippen LogP) is 3.21. The predicted molar refractivity (Wildman–Crippen MR) is 114 cm³/mol. The van der Waals surface area contributed by atoms with Gasteiger partial charge in [-0.25, -0.2) is 0 Å². The highest BCUT2D eigenvalue weighted by atomic mass is 16.2. The van der Waals surface area contributed by atoms with Crippen LogP contribution >= 0.6 is 0 Å². The maximum absolute atomic E-state index is 13.2. The first-order valence-corrected chi connectivity index (χ1v) is 10.4. The smallest absolute Gasteiger partial charge is 0.246 e. The number of nitrogens with zero attached hydrogens (tertiary/aromatic N) is 2. The van der Waals surface area contributed by atoms with Gasteiger partial charge in [-0.15, -0.1) is 0 Å². The highest BCUT2D eigenvalue weighted by Gasteiger charge is 2.36. The van der Waals surface area contributed by atoms with E-state index in [1.165, 1.54) is 9.80 Å². The number of hydrogen-bond donors (Lipinski definition) is 1. The van der Waals surface area contributed by atoms with Crippen LogP contribution in [0.15, 0.2) is 12.2 Å². The standard InChI is InChI=1S/C22H41N3O3/c1-9-10-11-17(6)14-18(21(23)27)24(7)22(28)20(16(4)5)25(8)19(26)13-12-15(2)3/h9-10,15-18,20H,11-14H2,1-8H3,(H2,23,27). The van der Waals surface area contributed by atoms with Gasteiger partial charge in [0.25, 0.3) is 0 Å². The van der Waals surface area contributed by atoms with Crippen LogP contribution in [0, 0.1) is 17.8 Å². The lowest BCUT2D eigenvalue weighted by molar-refractivity contribution is -0.149. The average molecular weight is 396 g/mol. The second-order valence-electron chi connectivity index (χ2n) is 8.64. The van der Waals surface area contributed by atoms with Crippen LogP contribution < -0.4 is 5.73 Å². The molecule has 0 fully saturated rings. The van der Waals surface area contributed by atoms with Gasteiger partial charge in [-0.1, -0.05) is 46.8 Å². The van der Waals surface area contributed by atoms with Gasteiger partial charge in [-0.2, -0.15) is 0 Å². The van der Waals surface area contributed by atoms with Crippen molar-refractivity contribution in [3.8, 4) is 0 Å². The Kier molecular flexibility index (Phi) is 11.7.